The van der Waals surface area contributed by atoms with Crippen molar-refractivity contribution in [1.82, 2.24) is 0 Å². The number of rotatable bonds is 6. The van der Waals surface area contributed by atoms with Crippen LogP contribution in [0.3, 0.4) is 0 Å². The second kappa shape index (κ2) is 8.52. The molecule has 1 aromatic heterocycles. The van der Waals surface area contributed by atoms with Gasteiger partial charge in [-0.1, -0.05) is 18.2 Å². The third-order valence-electron chi connectivity index (χ3n) is 4.79. The van der Waals surface area contributed by atoms with Crippen molar-refractivity contribution in [1.29, 1.82) is 0 Å². The van der Waals surface area contributed by atoms with Crippen LogP contribution in [0.1, 0.15) is 40.4 Å². The molecular formula is C21H24N2O2S. The molecule has 0 N–H and O–H groups in total. The number of aliphatic imine (C=N–C) groups is 1. The van der Waals surface area contributed by atoms with Crippen LogP contribution in [0.4, 0.5) is 0 Å². The van der Waals surface area contributed by atoms with Gasteiger partial charge in [0.25, 0.3) is 0 Å². The van der Waals surface area contributed by atoms with Crippen molar-refractivity contribution in [2.45, 2.75) is 38.8 Å². The summed E-state index contributed by atoms with van der Waals surface area (Å²) in [5.41, 5.74) is 2.91. The molecule has 0 spiro atoms. The molecule has 0 bridgehead atoms. The molecule has 0 amide bonds. The molecule has 1 aliphatic rings. The second-order valence-corrected chi connectivity index (χ2v) is 7.12. The van der Waals surface area contributed by atoms with Crippen molar-refractivity contribution in [2.24, 2.45) is 4.99 Å². The van der Waals surface area contributed by atoms with Gasteiger partial charge in [-0.15, -0.1) is 0 Å². The maximum atomic E-state index is 13.2. The van der Waals surface area contributed by atoms with Gasteiger partial charge in [-0.3, -0.25) is 4.79 Å². The lowest BCUT2D eigenvalue weighted by molar-refractivity contribution is -0.691. The molecule has 136 valence electrons. The van der Waals surface area contributed by atoms with Gasteiger partial charge in [-0.25, -0.2) is 0 Å². The summed E-state index contributed by atoms with van der Waals surface area (Å²) in [6.07, 6.45) is 5.90. The van der Waals surface area contributed by atoms with E-state index in [2.05, 4.69) is 4.99 Å². The fourth-order valence-corrected chi connectivity index (χ4v) is 3.38. The highest BCUT2D eigenvalue weighted by atomic mass is 32.1. The topological polar surface area (TPSA) is 42.5 Å². The first-order valence-corrected chi connectivity index (χ1v) is 9.37. The number of nitrogens with zero attached hydrogens (tertiary/aromatic N) is 2. The molecule has 5 heteroatoms. The van der Waals surface area contributed by atoms with Crippen LogP contribution in [0.25, 0.3) is 0 Å². The van der Waals surface area contributed by atoms with Crippen LogP contribution in [0.15, 0.2) is 53.8 Å². The molecular weight excluding hydrogens is 344 g/mol. The van der Waals surface area contributed by atoms with Gasteiger partial charge in [0, 0.05) is 24.3 Å². The Morgan fingerprint density at radius 2 is 2.04 bits per heavy atom. The fraction of sp³-hybridized carbons (Fsp3) is 0.381. The van der Waals surface area contributed by atoms with Crippen molar-refractivity contribution in [2.75, 3.05) is 13.2 Å². The van der Waals surface area contributed by atoms with Crippen LogP contribution < -0.4 is 4.57 Å². The van der Waals surface area contributed by atoms with E-state index in [-0.39, 0.29) is 11.9 Å². The number of benzene rings is 1. The Kier molecular flexibility index (Phi) is 6.12. The highest BCUT2D eigenvalue weighted by Crippen LogP contribution is 2.17. The van der Waals surface area contributed by atoms with E-state index < -0.39 is 6.04 Å². The largest absolute Gasteiger partial charge is 0.758 e. The van der Waals surface area contributed by atoms with Gasteiger partial charge in [0.05, 0.1) is 12.6 Å². The zero-order valence-corrected chi connectivity index (χ0v) is 16.0. The molecule has 26 heavy (non-hydrogen) atoms. The summed E-state index contributed by atoms with van der Waals surface area (Å²) >= 11 is 5.56. The number of pyridine rings is 1. The van der Waals surface area contributed by atoms with Crippen LogP contribution in [0.2, 0.25) is 0 Å². The SMILES string of the molecule is Cc1ccc(C(=O)[C@@H](C([S-])=NC[C@H]2CCCO2)[n+]2ccccc2)cc1C. The van der Waals surface area contributed by atoms with E-state index in [4.69, 9.17) is 17.4 Å². The molecule has 2 atom stereocenters. The van der Waals surface area contributed by atoms with E-state index in [1.165, 1.54) is 0 Å². The summed E-state index contributed by atoms with van der Waals surface area (Å²) in [6.45, 7) is 5.35. The lowest BCUT2D eigenvalue weighted by Crippen LogP contribution is -2.47. The Bertz CT molecular complexity index is 799. The number of hydrogen-bond donors (Lipinski definition) is 0. The summed E-state index contributed by atoms with van der Waals surface area (Å²) in [4.78, 5) is 17.8. The minimum absolute atomic E-state index is 0.0367. The van der Waals surface area contributed by atoms with Gasteiger partial charge in [0.2, 0.25) is 11.8 Å². The number of aromatic nitrogens is 1. The van der Waals surface area contributed by atoms with Crippen molar-refractivity contribution in [3.05, 3.63) is 65.5 Å². The Hall–Kier alpha value is -2.11. The lowest BCUT2D eigenvalue weighted by atomic mass is 9.99. The van der Waals surface area contributed by atoms with E-state index in [0.29, 0.717) is 17.2 Å². The smallest absolute Gasteiger partial charge is 0.237 e. The molecule has 1 aromatic carbocycles. The zero-order valence-electron chi connectivity index (χ0n) is 15.2. The predicted octanol–water partition coefficient (Wildman–Crippen LogP) is 3.14. The summed E-state index contributed by atoms with van der Waals surface area (Å²) in [5.74, 6) is -0.0367. The van der Waals surface area contributed by atoms with Gasteiger partial charge in [0.1, 0.15) is 0 Å². The first kappa shape index (κ1) is 18.7. The summed E-state index contributed by atoms with van der Waals surface area (Å²) < 4.78 is 7.45. The maximum Gasteiger partial charge on any atom is 0.237 e. The van der Waals surface area contributed by atoms with Crippen LogP contribution in [-0.4, -0.2) is 30.1 Å². The van der Waals surface area contributed by atoms with Gasteiger partial charge >= 0.3 is 0 Å². The van der Waals surface area contributed by atoms with E-state index >= 15 is 0 Å². The molecule has 4 nitrogen and oxygen atoms in total. The second-order valence-electron chi connectivity index (χ2n) is 6.70. The van der Waals surface area contributed by atoms with Crippen molar-refractivity contribution < 1.29 is 14.1 Å². The molecule has 1 saturated heterocycles. The molecule has 3 rings (SSSR count). The standard InChI is InChI=1S/C21H24N2O2S/c1-15-8-9-17(13-16(15)2)20(24)19(23-10-4-3-5-11-23)21(26)22-14-18-7-6-12-25-18/h3-5,8-11,13,18-19H,6-7,12,14H2,1-2H3/t18-,19+/m1/s1. The number of ketones is 1. The predicted molar refractivity (Wildman–Crippen MR) is 105 cm³/mol. The summed E-state index contributed by atoms with van der Waals surface area (Å²) in [7, 11) is 0. The first-order chi connectivity index (χ1) is 12.6. The van der Waals surface area contributed by atoms with Crippen molar-refractivity contribution >= 4 is 23.5 Å². The van der Waals surface area contributed by atoms with E-state index in [1.54, 1.807) is 0 Å². The fourth-order valence-electron chi connectivity index (χ4n) is 3.08. The monoisotopic (exact) mass is 368 g/mol. The number of carbonyl (C=O) groups excluding carboxylic acids is 1. The summed E-state index contributed by atoms with van der Waals surface area (Å²) in [6, 6.07) is 10.9. The lowest BCUT2D eigenvalue weighted by Gasteiger charge is -2.19. The number of aryl methyl sites for hydroxylation is 2. The number of hydrogen-bond acceptors (Lipinski definition) is 4. The van der Waals surface area contributed by atoms with E-state index in [0.717, 1.165) is 30.6 Å². The highest BCUT2D eigenvalue weighted by Gasteiger charge is 2.28. The molecule has 0 saturated carbocycles. The number of carbonyl (C=O) groups is 1. The van der Waals surface area contributed by atoms with Crippen molar-refractivity contribution in [3.8, 4) is 0 Å². The first-order valence-electron chi connectivity index (χ1n) is 8.96. The minimum Gasteiger partial charge on any atom is -0.758 e. The Labute approximate surface area is 160 Å². The van der Waals surface area contributed by atoms with Crippen LogP contribution in [0.5, 0.6) is 0 Å². The molecule has 0 aliphatic carbocycles. The molecule has 2 heterocycles. The highest BCUT2D eigenvalue weighted by molar-refractivity contribution is 7.77. The zero-order chi connectivity index (χ0) is 18.5. The van der Waals surface area contributed by atoms with Gasteiger partial charge < -0.3 is 22.4 Å². The average Bonchev–Trinajstić information content (AvgIpc) is 3.17. The van der Waals surface area contributed by atoms with Gasteiger partial charge in [0.15, 0.2) is 12.4 Å². The van der Waals surface area contributed by atoms with Gasteiger partial charge in [-0.05, 0) is 48.9 Å². The normalized spacial score (nSPS) is 18.7. The molecule has 0 unspecified atom stereocenters. The third kappa shape index (κ3) is 4.34. The van der Waals surface area contributed by atoms with Crippen LogP contribution >= 0.6 is 0 Å². The van der Waals surface area contributed by atoms with Gasteiger partial charge in [-0.2, -0.15) is 4.57 Å². The van der Waals surface area contributed by atoms with Crippen molar-refractivity contribution in [3.63, 3.8) is 0 Å². The Balaban J connectivity index is 1.91. The molecule has 2 aromatic rings. The van der Waals surface area contributed by atoms with E-state index in [1.807, 2.05) is 67.2 Å². The molecule has 0 radical (unpaired) electrons. The van der Waals surface area contributed by atoms with Crippen LogP contribution in [-0.2, 0) is 17.4 Å². The molecule has 1 fully saturated rings. The average molecular weight is 369 g/mol. The van der Waals surface area contributed by atoms with Crippen LogP contribution in [0, 0.1) is 13.8 Å². The quantitative estimate of drug-likeness (QED) is 0.259. The minimum atomic E-state index is -0.616. The Morgan fingerprint density at radius 3 is 2.69 bits per heavy atom. The maximum absolute atomic E-state index is 13.2. The number of ether oxygens (including phenoxy) is 1. The Morgan fingerprint density at radius 1 is 1.27 bits per heavy atom. The summed E-state index contributed by atoms with van der Waals surface area (Å²) in [5, 5.41) is 0.403. The molecule has 1 aliphatic heterocycles. The van der Waals surface area contributed by atoms with E-state index in [9.17, 15) is 4.79 Å². The third-order valence-corrected chi connectivity index (χ3v) is 5.14. The number of Topliss-reactive ketones (excluding diaryl/α,β-unsaturated/α-hetero) is 1.